The second kappa shape index (κ2) is 5.88. The van der Waals surface area contributed by atoms with Crippen LogP contribution in [-0.2, 0) is 22.5 Å². The van der Waals surface area contributed by atoms with Crippen LogP contribution in [0.2, 0.25) is 5.02 Å². The van der Waals surface area contributed by atoms with Crippen LogP contribution in [0.1, 0.15) is 19.0 Å². The van der Waals surface area contributed by atoms with E-state index in [0.29, 0.717) is 31.0 Å². The fourth-order valence-corrected chi connectivity index (χ4v) is 1.54. The maximum absolute atomic E-state index is 10.9. The third-order valence-electron chi connectivity index (χ3n) is 2.12. The van der Waals surface area contributed by atoms with E-state index in [9.17, 15) is 4.79 Å². The molecule has 0 fully saturated rings. The third-order valence-corrected chi connectivity index (χ3v) is 2.43. The zero-order valence-electron chi connectivity index (χ0n) is 8.99. The molecule has 0 aliphatic rings. The van der Waals surface area contributed by atoms with Gasteiger partial charge in [0.1, 0.15) is 5.78 Å². The van der Waals surface area contributed by atoms with Crippen molar-refractivity contribution in [2.24, 2.45) is 0 Å². The van der Waals surface area contributed by atoms with E-state index < -0.39 is 0 Å². The molecule has 0 saturated heterocycles. The molecular formula is C10H15ClN2O2. The van der Waals surface area contributed by atoms with Gasteiger partial charge >= 0.3 is 0 Å². The lowest BCUT2D eigenvalue weighted by Gasteiger charge is -2.06. The van der Waals surface area contributed by atoms with Gasteiger partial charge in [-0.1, -0.05) is 11.6 Å². The fourth-order valence-electron chi connectivity index (χ4n) is 1.30. The molecule has 5 heteroatoms. The van der Waals surface area contributed by atoms with Crippen LogP contribution < -0.4 is 0 Å². The molecule has 0 amide bonds. The first-order valence-electron chi connectivity index (χ1n) is 4.83. The number of hydrogen-bond acceptors (Lipinski definition) is 3. The highest BCUT2D eigenvalue weighted by Gasteiger charge is 2.09. The summed E-state index contributed by atoms with van der Waals surface area (Å²) < 4.78 is 6.75. The van der Waals surface area contributed by atoms with Crippen LogP contribution in [-0.4, -0.2) is 29.3 Å². The number of rotatable bonds is 6. The predicted molar refractivity (Wildman–Crippen MR) is 58.1 cm³/mol. The van der Waals surface area contributed by atoms with E-state index in [-0.39, 0.29) is 5.78 Å². The minimum absolute atomic E-state index is 0.158. The Bertz CT molecular complexity index is 336. The Morgan fingerprint density at radius 1 is 1.67 bits per heavy atom. The molecule has 0 N–H and O–H groups in total. The monoisotopic (exact) mass is 230 g/mol. The summed E-state index contributed by atoms with van der Waals surface area (Å²) in [5.41, 5.74) is 0.906. The molecule has 0 spiro atoms. The van der Waals surface area contributed by atoms with Crippen molar-refractivity contribution in [2.45, 2.75) is 26.3 Å². The van der Waals surface area contributed by atoms with E-state index >= 15 is 0 Å². The lowest BCUT2D eigenvalue weighted by molar-refractivity contribution is -0.117. The number of methoxy groups -OCH3 is 1. The molecule has 1 aromatic rings. The summed E-state index contributed by atoms with van der Waals surface area (Å²) in [7, 11) is 1.64. The standard InChI is InChI=1S/C10H15ClN2O2/c1-8(14)3-4-10-9(11)7-12-13(10)5-6-15-2/h7H,3-6H2,1-2H3. The van der Waals surface area contributed by atoms with Gasteiger partial charge in [0.25, 0.3) is 0 Å². The van der Waals surface area contributed by atoms with Crippen LogP contribution in [0.4, 0.5) is 0 Å². The maximum Gasteiger partial charge on any atom is 0.130 e. The smallest absolute Gasteiger partial charge is 0.130 e. The second-order valence-electron chi connectivity index (χ2n) is 3.36. The molecule has 0 radical (unpaired) electrons. The number of carbonyl (C=O) groups excluding carboxylic acids is 1. The highest BCUT2D eigenvalue weighted by atomic mass is 35.5. The highest BCUT2D eigenvalue weighted by Crippen LogP contribution is 2.16. The van der Waals surface area contributed by atoms with Crippen molar-refractivity contribution in [3.8, 4) is 0 Å². The molecule has 0 aliphatic carbocycles. The van der Waals surface area contributed by atoms with Gasteiger partial charge in [-0.2, -0.15) is 5.10 Å². The number of hydrogen-bond donors (Lipinski definition) is 0. The molecule has 0 bridgehead atoms. The van der Waals surface area contributed by atoms with Gasteiger partial charge in [0.2, 0.25) is 0 Å². The number of ketones is 1. The van der Waals surface area contributed by atoms with Crippen LogP contribution in [0.5, 0.6) is 0 Å². The number of Topliss-reactive ketones (excluding diaryl/α,β-unsaturated/α-hetero) is 1. The summed E-state index contributed by atoms with van der Waals surface area (Å²) in [6.07, 6.45) is 2.74. The van der Waals surface area contributed by atoms with E-state index in [4.69, 9.17) is 16.3 Å². The van der Waals surface area contributed by atoms with Gasteiger partial charge in [-0.05, 0) is 13.3 Å². The lowest BCUT2D eigenvalue weighted by Crippen LogP contribution is -2.10. The molecule has 4 nitrogen and oxygen atoms in total. The molecule has 84 valence electrons. The van der Waals surface area contributed by atoms with Gasteiger partial charge in [0, 0.05) is 13.5 Å². The van der Waals surface area contributed by atoms with Crippen LogP contribution in [0.3, 0.4) is 0 Å². The Kier molecular flexibility index (Phi) is 4.78. The van der Waals surface area contributed by atoms with Gasteiger partial charge in [-0.3, -0.25) is 4.68 Å². The zero-order valence-corrected chi connectivity index (χ0v) is 9.75. The maximum atomic E-state index is 10.9. The van der Waals surface area contributed by atoms with Crippen LogP contribution in [0, 0.1) is 0 Å². The molecule has 0 atom stereocenters. The van der Waals surface area contributed by atoms with Crippen molar-refractivity contribution >= 4 is 17.4 Å². The minimum atomic E-state index is 0.158. The Morgan fingerprint density at radius 3 is 3.00 bits per heavy atom. The van der Waals surface area contributed by atoms with E-state index in [2.05, 4.69) is 5.10 Å². The number of aromatic nitrogens is 2. The average Bonchev–Trinajstić information content (AvgIpc) is 2.53. The summed E-state index contributed by atoms with van der Waals surface area (Å²) in [6.45, 7) is 2.82. The predicted octanol–water partition coefficient (Wildman–Crippen LogP) is 1.70. The molecule has 15 heavy (non-hydrogen) atoms. The quantitative estimate of drug-likeness (QED) is 0.747. The number of ether oxygens (including phenoxy) is 1. The van der Waals surface area contributed by atoms with Crippen molar-refractivity contribution in [3.05, 3.63) is 16.9 Å². The third kappa shape index (κ3) is 3.64. The molecule has 0 unspecified atom stereocenters. The Balaban J connectivity index is 2.66. The Morgan fingerprint density at radius 2 is 2.40 bits per heavy atom. The molecule has 0 aromatic carbocycles. The molecule has 0 saturated carbocycles. The van der Waals surface area contributed by atoms with E-state index in [1.54, 1.807) is 24.9 Å². The average molecular weight is 231 g/mol. The molecule has 1 aromatic heterocycles. The minimum Gasteiger partial charge on any atom is -0.383 e. The first-order chi connectivity index (χ1) is 7.15. The fraction of sp³-hybridized carbons (Fsp3) is 0.600. The molecule has 0 aliphatic heterocycles. The topological polar surface area (TPSA) is 44.1 Å². The van der Waals surface area contributed by atoms with Gasteiger partial charge < -0.3 is 9.53 Å². The molecule has 1 rings (SSSR count). The zero-order chi connectivity index (χ0) is 11.3. The SMILES string of the molecule is COCCn1ncc(Cl)c1CCC(C)=O. The van der Waals surface area contributed by atoms with Gasteiger partial charge in [-0.25, -0.2) is 0 Å². The summed E-state index contributed by atoms with van der Waals surface area (Å²) in [4.78, 5) is 10.9. The van der Waals surface area contributed by atoms with E-state index in [1.807, 2.05) is 0 Å². The number of halogens is 1. The summed E-state index contributed by atoms with van der Waals surface area (Å²) in [5, 5.41) is 4.74. The molecule has 1 heterocycles. The van der Waals surface area contributed by atoms with Crippen molar-refractivity contribution in [1.82, 2.24) is 9.78 Å². The summed E-state index contributed by atoms with van der Waals surface area (Å²) in [6, 6.07) is 0. The largest absolute Gasteiger partial charge is 0.383 e. The molecular weight excluding hydrogens is 216 g/mol. The first-order valence-corrected chi connectivity index (χ1v) is 5.21. The number of carbonyl (C=O) groups is 1. The van der Waals surface area contributed by atoms with E-state index in [1.165, 1.54) is 0 Å². The van der Waals surface area contributed by atoms with Crippen molar-refractivity contribution in [3.63, 3.8) is 0 Å². The summed E-state index contributed by atoms with van der Waals surface area (Å²) >= 11 is 5.97. The van der Waals surface area contributed by atoms with E-state index in [0.717, 1.165) is 5.69 Å². The highest BCUT2D eigenvalue weighted by molar-refractivity contribution is 6.31. The Labute approximate surface area is 94.2 Å². The van der Waals surface area contributed by atoms with Gasteiger partial charge in [-0.15, -0.1) is 0 Å². The van der Waals surface area contributed by atoms with Crippen molar-refractivity contribution in [2.75, 3.05) is 13.7 Å². The van der Waals surface area contributed by atoms with Crippen LogP contribution in [0.25, 0.3) is 0 Å². The normalized spacial score (nSPS) is 10.6. The lowest BCUT2D eigenvalue weighted by atomic mass is 10.2. The first kappa shape index (κ1) is 12.2. The Hall–Kier alpha value is -0.870. The number of nitrogens with zero attached hydrogens (tertiary/aromatic N) is 2. The van der Waals surface area contributed by atoms with Gasteiger partial charge in [0.05, 0.1) is 30.1 Å². The van der Waals surface area contributed by atoms with Crippen molar-refractivity contribution in [1.29, 1.82) is 0 Å². The summed E-state index contributed by atoms with van der Waals surface area (Å²) in [5.74, 6) is 0.158. The van der Waals surface area contributed by atoms with Crippen LogP contribution >= 0.6 is 11.6 Å². The van der Waals surface area contributed by atoms with Crippen LogP contribution in [0.15, 0.2) is 6.20 Å². The second-order valence-corrected chi connectivity index (χ2v) is 3.76. The van der Waals surface area contributed by atoms with Gasteiger partial charge in [0.15, 0.2) is 0 Å². The van der Waals surface area contributed by atoms with Crippen molar-refractivity contribution < 1.29 is 9.53 Å².